The molecule has 5 rings (SSSR count). The lowest BCUT2D eigenvalue weighted by Crippen LogP contribution is -2.31. The highest BCUT2D eigenvalue weighted by atomic mass is 16.1. The van der Waals surface area contributed by atoms with Gasteiger partial charge in [0.1, 0.15) is 5.65 Å². The topological polar surface area (TPSA) is 75.6 Å². The molecule has 0 atom stereocenters. The van der Waals surface area contributed by atoms with E-state index in [0.29, 0.717) is 6.54 Å². The van der Waals surface area contributed by atoms with Gasteiger partial charge >= 0.3 is 0 Å². The Balaban J connectivity index is 1.64. The Morgan fingerprint density at radius 1 is 1.08 bits per heavy atom. The minimum absolute atomic E-state index is 0.0113. The Kier molecular flexibility index (Phi) is 3.18. The van der Waals surface area contributed by atoms with E-state index in [9.17, 15) is 4.79 Å². The summed E-state index contributed by atoms with van der Waals surface area (Å²) in [5.41, 5.74) is 6.97. The smallest absolute Gasteiger partial charge is 0.251 e. The zero-order valence-corrected chi connectivity index (χ0v) is 14.3. The van der Waals surface area contributed by atoms with E-state index in [-0.39, 0.29) is 5.91 Å². The third kappa shape index (κ3) is 2.30. The molecule has 0 saturated carbocycles. The molecule has 1 aromatic carbocycles. The van der Waals surface area contributed by atoms with Crippen LogP contribution in [0.25, 0.3) is 33.3 Å². The Morgan fingerprint density at radius 2 is 2.00 bits per heavy atom. The summed E-state index contributed by atoms with van der Waals surface area (Å²) in [4.78, 5) is 19.8. The monoisotopic (exact) mass is 343 g/mol. The van der Waals surface area contributed by atoms with E-state index in [4.69, 9.17) is 0 Å². The van der Waals surface area contributed by atoms with Gasteiger partial charge in [-0.3, -0.25) is 9.48 Å². The number of carbonyl (C=O) groups excluding carboxylic acids is 1. The summed E-state index contributed by atoms with van der Waals surface area (Å²) < 4.78 is 1.78. The van der Waals surface area contributed by atoms with Gasteiger partial charge in [-0.25, -0.2) is 4.98 Å². The number of nitrogens with zero attached hydrogens (tertiary/aromatic N) is 3. The van der Waals surface area contributed by atoms with Crippen molar-refractivity contribution in [3.05, 3.63) is 60.2 Å². The third-order valence-electron chi connectivity index (χ3n) is 4.91. The van der Waals surface area contributed by atoms with Crippen LogP contribution in [0.5, 0.6) is 0 Å². The summed E-state index contributed by atoms with van der Waals surface area (Å²) in [7, 11) is 1.90. The van der Waals surface area contributed by atoms with Crippen LogP contribution in [0, 0.1) is 0 Å². The van der Waals surface area contributed by atoms with Crippen LogP contribution < -0.4 is 5.32 Å². The lowest BCUT2D eigenvalue weighted by Gasteiger charge is -2.17. The number of H-pyrrole nitrogens is 1. The van der Waals surface area contributed by atoms with Crippen LogP contribution in [0.4, 0.5) is 0 Å². The van der Waals surface area contributed by atoms with Crippen LogP contribution in [0.15, 0.2) is 49.1 Å². The Labute approximate surface area is 149 Å². The van der Waals surface area contributed by atoms with Crippen molar-refractivity contribution in [2.24, 2.45) is 7.05 Å². The molecule has 1 aliphatic rings. The average molecular weight is 343 g/mol. The fourth-order valence-electron chi connectivity index (χ4n) is 3.57. The zero-order chi connectivity index (χ0) is 17.7. The highest BCUT2D eigenvalue weighted by Gasteiger charge is 2.18. The number of aromatic nitrogens is 4. The number of nitrogens with one attached hydrogen (secondary N) is 2. The summed E-state index contributed by atoms with van der Waals surface area (Å²) in [5, 5.41) is 8.19. The van der Waals surface area contributed by atoms with E-state index in [2.05, 4.69) is 32.5 Å². The maximum absolute atomic E-state index is 12.0. The molecule has 1 aliphatic heterocycles. The summed E-state index contributed by atoms with van der Waals surface area (Å²) in [6.07, 6.45) is 8.52. The van der Waals surface area contributed by atoms with Gasteiger partial charge in [-0.1, -0.05) is 12.1 Å². The second kappa shape index (κ2) is 5.56. The molecule has 6 nitrogen and oxygen atoms in total. The van der Waals surface area contributed by atoms with Crippen LogP contribution >= 0.6 is 0 Å². The molecule has 0 aliphatic carbocycles. The molecule has 1 amide bonds. The van der Waals surface area contributed by atoms with E-state index in [0.717, 1.165) is 50.8 Å². The van der Waals surface area contributed by atoms with Crippen LogP contribution in [-0.4, -0.2) is 32.2 Å². The van der Waals surface area contributed by atoms with Crippen molar-refractivity contribution >= 4 is 16.9 Å². The van der Waals surface area contributed by atoms with Gasteiger partial charge in [-0.2, -0.15) is 5.10 Å². The minimum Gasteiger partial charge on any atom is -0.352 e. The van der Waals surface area contributed by atoms with Gasteiger partial charge in [0.15, 0.2) is 0 Å². The maximum atomic E-state index is 12.0. The molecule has 0 bridgehead atoms. The van der Waals surface area contributed by atoms with Crippen LogP contribution in [0.3, 0.4) is 0 Å². The zero-order valence-electron chi connectivity index (χ0n) is 14.3. The first-order valence-corrected chi connectivity index (χ1v) is 8.57. The van der Waals surface area contributed by atoms with Gasteiger partial charge in [0.05, 0.1) is 6.20 Å². The molecule has 0 spiro atoms. The van der Waals surface area contributed by atoms with Crippen LogP contribution in [0.2, 0.25) is 0 Å². The number of hydrogen-bond donors (Lipinski definition) is 2. The largest absolute Gasteiger partial charge is 0.352 e. The average Bonchev–Trinajstić information content (AvgIpc) is 3.27. The fourth-order valence-corrected chi connectivity index (χ4v) is 3.57. The summed E-state index contributed by atoms with van der Waals surface area (Å²) in [6.45, 7) is 0.690. The predicted octanol–water partition coefficient (Wildman–Crippen LogP) is 2.92. The molecule has 4 aromatic rings. The lowest BCUT2D eigenvalue weighted by atomic mass is 9.95. The van der Waals surface area contributed by atoms with Gasteiger partial charge in [0.2, 0.25) is 0 Å². The number of rotatable bonds is 2. The van der Waals surface area contributed by atoms with Crippen LogP contribution in [-0.2, 0) is 13.5 Å². The van der Waals surface area contributed by atoms with Crippen molar-refractivity contribution in [2.75, 3.05) is 6.54 Å². The summed E-state index contributed by atoms with van der Waals surface area (Å²) in [6, 6.07) is 8.17. The van der Waals surface area contributed by atoms with E-state index in [1.54, 1.807) is 4.68 Å². The number of fused-ring (bicyclic) bond motifs is 2. The van der Waals surface area contributed by atoms with Crippen molar-refractivity contribution in [1.29, 1.82) is 0 Å². The minimum atomic E-state index is 0.0113. The molecule has 26 heavy (non-hydrogen) atoms. The molecule has 3 aromatic heterocycles. The van der Waals surface area contributed by atoms with E-state index < -0.39 is 0 Å². The van der Waals surface area contributed by atoms with Crippen molar-refractivity contribution in [3.63, 3.8) is 0 Å². The number of amides is 1. The van der Waals surface area contributed by atoms with Gasteiger partial charge in [0, 0.05) is 59.8 Å². The van der Waals surface area contributed by atoms with Crippen molar-refractivity contribution in [2.45, 2.75) is 6.42 Å². The number of benzene rings is 1. The highest BCUT2D eigenvalue weighted by molar-refractivity contribution is 5.99. The molecule has 0 fully saturated rings. The summed E-state index contributed by atoms with van der Waals surface area (Å²) >= 11 is 0. The number of pyridine rings is 1. The van der Waals surface area contributed by atoms with Gasteiger partial charge < -0.3 is 10.3 Å². The SMILES string of the molecule is Cn1cc(-c2cnc3[nH]cc(-c4ccc5c(c4)CCNC5=O)c3c2)cn1. The van der Waals surface area contributed by atoms with E-state index >= 15 is 0 Å². The highest BCUT2D eigenvalue weighted by Crippen LogP contribution is 2.32. The van der Waals surface area contributed by atoms with Crippen molar-refractivity contribution in [3.8, 4) is 22.3 Å². The quantitative estimate of drug-likeness (QED) is 0.588. The molecule has 4 heterocycles. The molecule has 2 N–H and O–H groups in total. The molecule has 128 valence electrons. The number of hydrogen-bond acceptors (Lipinski definition) is 3. The van der Waals surface area contributed by atoms with Gasteiger partial charge in [-0.15, -0.1) is 0 Å². The van der Waals surface area contributed by atoms with E-state index in [1.165, 1.54) is 0 Å². The number of aryl methyl sites for hydroxylation is 1. The molecular formula is C20H17N5O. The summed E-state index contributed by atoms with van der Waals surface area (Å²) in [5.74, 6) is 0.0113. The third-order valence-corrected chi connectivity index (χ3v) is 4.91. The second-order valence-electron chi connectivity index (χ2n) is 6.60. The van der Waals surface area contributed by atoms with Crippen molar-refractivity contribution in [1.82, 2.24) is 25.1 Å². The first-order valence-electron chi connectivity index (χ1n) is 8.57. The number of aromatic amines is 1. The molecule has 0 saturated heterocycles. The Morgan fingerprint density at radius 3 is 2.85 bits per heavy atom. The second-order valence-corrected chi connectivity index (χ2v) is 6.60. The van der Waals surface area contributed by atoms with Crippen LogP contribution in [0.1, 0.15) is 15.9 Å². The lowest BCUT2D eigenvalue weighted by molar-refractivity contribution is 0.0946. The van der Waals surface area contributed by atoms with E-state index in [1.807, 2.05) is 44.0 Å². The van der Waals surface area contributed by atoms with Crippen molar-refractivity contribution < 1.29 is 4.79 Å². The Hall–Kier alpha value is -3.41. The normalized spacial score (nSPS) is 13.7. The first-order chi connectivity index (χ1) is 12.7. The fraction of sp³-hybridized carbons (Fsp3) is 0.150. The standard InChI is InChI=1S/C20H17N5O/c1-25-11-15(9-24-25)14-7-17-18(10-23-19(17)22-8-14)12-2-3-16-13(6-12)4-5-21-20(16)26/h2-3,6-11H,4-5H2,1H3,(H,21,26)(H,22,23). The van der Waals surface area contributed by atoms with Gasteiger partial charge in [0.25, 0.3) is 5.91 Å². The first kappa shape index (κ1) is 14.9. The molecule has 0 radical (unpaired) electrons. The molecule has 0 unspecified atom stereocenters. The molecular weight excluding hydrogens is 326 g/mol. The Bertz CT molecular complexity index is 1150. The van der Waals surface area contributed by atoms with Gasteiger partial charge in [-0.05, 0) is 29.7 Å². The molecule has 6 heteroatoms. The predicted molar refractivity (Wildman–Crippen MR) is 99.8 cm³/mol. The number of carbonyl (C=O) groups is 1. The maximum Gasteiger partial charge on any atom is 0.251 e.